The average molecular weight is 404 g/mol. The van der Waals surface area contributed by atoms with Gasteiger partial charge in [0.05, 0.1) is 13.0 Å². The van der Waals surface area contributed by atoms with E-state index < -0.39 is 18.5 Å². The quantitative estimate of drug-likeness (QED) is 0.501. The number of carbonyl (C=O) groups is 3. The fourth-order valence-corrected chi connectivity index (χ4v) is 2.59. The monoisotopic (exact) mass is 403 g/mol. The molecule has 2 aromatic carbocycles. The fraction of sp³-hybridized carbons (Fsp3) is 0.286. The number of halogens is 1. The Morgan fingerprint density at radius 2 is 1.75 bits per heavy atom. The van der Waals surface area contributed by atoms with Crippen molar-refractivity contribution >= 4 is 34.9 Å². The molecule has 2 aromatic rings. The van der Waals surface area contributed by atoms with E-state index in [2.05, 4.69) is 5.32 Å². The first-order valence-electron chi connectivity index (χ1n) is 8.87. The number of esters is 1. The lowest BCUT2D eigenvalue weighted by Crippen LogP contribution is -2.21. The van der Waals surface area contributed by atoms with Crippen LogP contribution in [0.3, 0.4) is 0 Å². The van der Waals surface area contributed by atoms with Gasteiger partial charge in [0, 0.05) is 22.7 Å². The SMILES string of the molecule is CCOc1ccc(C(=O)CCC(=O)OCC(=O)Nc2cccc(Cl)c2C)cc1. The Bertz CT molecular complexity index is 848. The predicted molar refractivity (Wildman–Crippen MR) is 107 cm³/mol. The van der Waals surface area contributed by atoms with E-state index in [9.17, 15) is 14.4 Å². The normalized spacial score (nSPS) is 10.2. The Morgan fingerprint density at radius 3 is 2.43 bits per heavy atom. The van der Waals surface area contributed by atoms with Crippen molar-refractivity contribution in [1.82, 2.24) is 0 Å². The van der Waals surface area contributed by atoms with Gasteiger partial charge in [-0.15, -0.1) is 0 Å². The van der Waals surface area contributed by atoms with Crippen molar-refractivity contribution in [3.63, 3.8) is 0 Å². The molecule has 0 aliphatic carbocycles. The van der Waals surface area contributed by atoms with Crippen LogP contribution in [0.25, 0.3) is 0 Å². The van der Waals surface area contributed by atoms with Crippen molar-refractivity contribution in [3.05, 3.63) is 58.6 Å². The van der Waals surface area contributed by atoms with Crippen LogP contribution >= 0.6 is 11.6 Å². The van der Waals surface area contributed by atoms with E-state index in [1.807, 2.05) is 6.92 Å². The smallest absolute Gasteiger partial charge is 0.306 e. The molecule has 0 bridgehead atoms. The summed E-state index contributed by atoms with van der Waals surface area (Å²) in [6, 6.07) is 11.8. The van der Waals surface area contributed by atoms with Gasteiger partial charge in [0.1, 0.15) is 5.75 Å². The topological polar surface area (TPSA) is 81.7 Å². The summed E-state index contributed by atoms with van der Waals surface area (Å²) in [5, 5.41) is 3.16. The third-order valence-electron chi connectivity index (χ3n) is 3.95. The van der Waals surface area contributed by atoms with Crippen LogP contribution in [-0.2, 0) is 14.3 Å². The van der Waals surface area contributed by atoms with Gasteiger partial charge in [-0.3, -0.25) is 14.4 Å². The third-order valence-corrected chi connectivity index (χ3v) is 4.36. The van der Waals surface area contributed by atoms with E-state index >= 15 is 0 Å². The summed E-state index contributed by atoms with van der Waals surface area (Å²) in [6.07, 6.45) is -0.0998. The van der Waals surface area contributed by atoms with E-state index in [4.69, 9.17) is 21.1 Å². The molecule has 28 heavy (non-hydrogen) atoms. The molecule has 0 atom stereocenters. The summed E-state index contributed by atoms with van der Waals surface area (Å²) in [5.41, 5.74) is 1.77. The maximum atomic E-state index is 12.1. The number of nitrogens with one attached hydrogen (secondary N) is 1. The van der Waals surface area contributed by atoms with Crippen LogP contribution in [0.15, 0.2) is 42.5 Å². The van der Waals surface area contributed by atoms with Crippen molar-refractivity contribution < 1.29 is 23.9 Å². The number of amides is 1. The first-order valence-corrected chi connectivity index (χ1v) is 9.25. The maximum Gasteiger partial charge on any atom is 0.306 e. The highest BCUT2D eigenvalue weighted by Crippen LogP contribution is 2.22. The average Bonchev–Trinajstić information content (AvgIpc) is 2.69. The van der Waals surface area contributed by atoms with E-state index in [0.29, 0.717) is 28.6 Å². The Kier molecular flexibility index (Phi) is 8.02. The van der Waals surface area contributed by atoms with E-state index in [1.165, 1.54) is 0 Å². The van der Waals surface area contributed by atoms with Crippen LogP contribution in [0.4, 0.5) is 5.69 Å². The number of hydrogen-bond donors (Lipinski definition) is 1. The van der Waals surface area contributed by atoms with Gasteiger partial charge in [-0.2, -0.15) is 0 Å². The van der Waals surface area contributed by atoms with Crippen LogP contribution in [0.1, 0.15) is 35.7 Å². The molecular formula is C21H22ClNO5. The van der Waals surface area contributed by atoms with Crippen molar-refractivity contribution in [2.45, 2.75) is 26.7 Å². The summed E-state index contributed by atoms with van der Waals surface area (Å²) < 4.78 is 10.2. The van der Waals surface area contributed by atoms with Crippen molar-refractivity contribution in [2.24, 2.45) is 0 Å². The van der Waals surface area contributed by atoms with Crippen molar-refractivity contribution in [2.75, 3.05) is 18.5 Å². The Labute approximate surface area is 168 Å². The number of ether oxygens (including phenoxy) is 2. The van der Waals surface area contributed by atoms with Gasteiger partial charge in [-0.1, -0.05) is 17.7 Å². The van der Waals surface area contributed by atoms with Gasteiger partial charge in [0.15, 0.2) is 12.4 Å². The Hall–Kier alpha value is -2.86. The summed E-state index contributed by atoms with van der Waals surface area (Å²) in [7, 11) is 0. The molecule has 0 aliphatic heterocycles. The molecular weight excluding hydrogens is 382 g/mol. The van der Waals surface area contributed by atoms with Crippen LogP contribution in [0.5, 0.6) is 5.75 Å². The Morgan fingerprint density at radius 1 is 1.04 bits per heavy atom. The number of rotatable bonds is 9. The van der Waals surface area contributed by atoms with E-state index in [1.54, 1.807) is 49.4 Å². The molecule has 0 unspecified atom stereocenters. The lowest BCUT2D eigenvalue weighted by atomic mass is 10.1. The molecule has 0 aliphatic rings. The lowest BCUT2D eigenvalue weighted by molar-refractivity contribution is -0.147. The summed E-state index contributed by atoms with van der Waals surface area (Å²) in [5.74, 6) is -0.591. The number of Topliss-reactive ketones (excluding diaryl/α,β-unsaturated/α-hetero) is 1. The summed E-state index contributed by atoms with van der Waals surface area (Å²) in [6.45, 7) is 3.77. The maximum absolute atomic E-state index is 12.1. The van der Waals surface area contributed by atoms with Gasteiger partial charge < -0.3 is 14.8 Å². The summed E-state index contributed by atoms with van der Waals surface area (Å²) in [4.78, 5) is 35.8. The zero-order chi connectivity index (χ0) is 20.5. The minimum atomic E-state index is -0.614. The highest BCUT2D eigenvalue weighted by atomic mass is 35.5. The van der Waals surface area contributed by atoms with Crippen molar-refractivity contribution in [3.8, 4) is 5.75 Å². The number of ketones is 1. The van der Waals surface area contributed by atoms with Gasteiger partial charge >= 0.3 is 5.97 Å². The van der Waals surface area contributed by atoms with Crippen LogP contribution in [-0.4, -0.2) is 30.9 Å². The standard InChI is InChI=1S/C21H22ClNO5/c1-3-27-16-9-7-15(8-10-16)19(24)11-12-21(26)28-13-20(25)23-18-6-4-5-17(22)14(18)2/h4-10H,3,11-13H2,1-2H3,(H,23,25). The third kappa shape index (κ3) is 6.39. The lowest BCUT2D eigenvalue weighted by Gasteiger charge is -2.10. The second-order valence-electron chi connectivity index (χ2n) is 6.00. The number of carbonyl (C=O) groups excluding carboxylic acids is 3. The number of anilines is 1. The minimum Gasteiger partial charge on any atom is -0.494 e. The highest BCUT2D eigenvalue weighted by molar-refractivity contribution is 6.31. The summed E-state index contributed by atoms with van der Waals surface area (Å²) >= 11 is 5.99. The molecule has 0 saturated carbocycles. The largest absolute Gasteiger partial charge is 0.494 e. The first-order chi connectivity index (χ1) is 13.4. The molecule has 0 aromatic heterocycles. The van der Waals surface area contributed by atoms with E-state index in [0.717, 1.165) is 5.56 Å². The predicted octanol–water partition coefficient (Wildman–Crippen LogP) is 4.19. The zero-order valence-electron chi connectivity index (χ0n) is 15.8. The van der Waals surface area contributed by atoms with Gasteiger partial charge in [0.25, 0.3) is 5.91 Å². The molecule has 0 fully saturated rings. The van der Waals surface area contributed by atoms with E-state index in [-0.39, 0.29) is 18.6 Å². The van der Waals surface area contributed by atoms with Gasteiger partial charge in [-0.25, -0.2) is 0 Å². The number of hydrogen-bond acceptors (Lipinski definition) is 5. The minimum absolute atomic E-state index is 0.00182. The van der Waals surface area contributed by atoms with Crippen LogP contribution < -0.4 is 10.1 Å². The second kappa shape index (κ2) is 10.5. The second-order valence-corrected chi connectivity index (χ2v) is 6.41. The zero-order valence-corrected chi connectivity index (χ0v) is 16.5. The highest BCUT2D eigenvalue weighted by Gasteiger charge is 2.13. The number of benzene rings is 2. The van der Waals surface area contributed by atoms with Gasteiger partial charge in [-0.05, 0) is 55.8 Å². The Balaban J connectivity index is 1.75. The van der Waals surface area contributed by atoms with Gasteiger partial charge in [0.2, 0.25) is 0 Å². The molecule has 0 radical (unpaired) electrons. The molecule has 1 N–H and O–H groups in total. The molecule has 0 saturated heterocycles. The molecule has 7 heteroatoms. The van der Waals surface area contributed by atoms with Crippen molar-refractivity contribution in [1.29, 1.82) is 0 Å². The molecule has 148 valence electrons. The molecule has 0 heterocycles. The fourth-order valence-electron chi connectivity index (χ4n) is 2.41. The molecule has 1 amide bonds. The van der Waals surface area contributed by atoms with Crippen LogP contribution in [0, 0.1) is 6.92 Å². The van der Waals surface area contributed by atoms with Crippen LogP contribution in [0.2, 0.25) is 5.02 Å². The molecule has 6 nitrogen and oxygen atoms in total. The molecule has 2 rings (SSSR count). The molecule has 0 spiro atoms. The first kappa shape index (κ1) is 21.4.